The topological polar surface area (TPSA) is 74.8 Å². The summed E-state index contributed by atoms with van der Waals surface area (Å²) in [5.74, 6) is -0.167. The fourth-order valence-corrected chi connectivity index (χ4v) is 2.80. The zero-order valence-electron chi connectivity index (χ0n) is 11.9. The lowest BCUT2D eigenvalue weighted by atomic mass is 10.2. The number of nitrogens with zero attached hydrogens (tertiary/aromatic N) is 1. The summed E-state index contributed by atoms with van der Waals surface area (Å²) in [6.07, 6.45) is 0.105. The van der Waals surface area contributed by atoms with Crippen LogP contribution in [0.3, 0.4) is 0 Å². The average Bonchev–Trinajstić information content (AvgIpc) is 2.47. The van der Waals surface area contributed by atoms with Crippen LogP contribution in [0.25, 0.3) is 0 Å². The van der Waals surface area contributed by atoms with Crippen molar-refractivity contribution >= 4 is 17.7 Å². The molecule has 0 saturated heterocycles. The Balaban J connectivity index is 2.16. The number of H-pyrrole nitrogens is 1. The first kappa shape index (κ1) is 15.3. The number of hydrogen-bond donors (Lipinski definition) is 2. The highest BCUT2D eigenvalue weighted by Gasteiger charge is 2.11. The van der Waals surface area contributed by atoms with Crippen molar-refractivity contribution in [2.75, 3.05) is 7.05 Å². The van der Waals surface area contributed by atoms with Gasteiger partial charge in [0.25, 0.3) is 5.56 Å². The molecule has 0 radical (unpaired) electrons. The van der Waals surface area contributed by atoms with Crippen molar-refractivity contribution in [1.29, 1.82) is 0 Å². The van der Waals surface area contributed by atoms with Crippen LogP contribution >= 0.6 is 11.8 Å². The number of nitrogens with one attached hydrogen (secondary N) is 2. The highest BCUT2D eigenvalue weighted by Crippen LogP contribution is 2.31. The van der Waals surface area contributed by atoms with Gasteiger partial charge in [-0.15, -0.1) is 0 Å². The Labute approximate surface area is 127 Å². The van der Waals surface area contributed by atoms with Crippen molar-refractivity contribution < 1.29 is 4.79 Å². The van der Waals surface area contributed by atoms with E-state index >= 15 is 0 Å². The van der Waals surface area contributed by atoms with E-state index in [1.807, 2.05) is 37.3 Å². The molecule has 21 heavy (non-hydrogen) atoms. The Morgan fingerprint density at radius 1 is 1.38 bits per heavy atom. The third kappa shape index (κ3) is 4.46. The highest BCUT2D eigenvalue weighted by atomic mass is 32.2. The van der Waals surface area contributed by atoms with E-state index in [2.05, 4.69) is 15.3 Å². The maximum atomic E-state index is 11.7. The van der Waals surface area contributed by atoms with E-state index in [1.165, 1.54) is 17.8 Å². The first-order valence-corrected chi connectivity index (χ1v) is 7.49. The van der Waals surface area contributed by atoms with E-state index < -0.39 is 0 Å². The average molecular weight is 303 g/mol. The van der Waals surface area contributed by atoms with Gasteiger partial charge in [0.15, 0.2) is 5.16 Å². The Morgan fingerprint density at radius 2 is 2.10 bits per heavy atom. The molecule has 1 unspecified atom stereocenters. The summed E-state index contributed by atoms with van der Waals surface area (Å²) >= 11 is 1.46. The third-order valence-electron chi connectivity index (χ3n) is 2.95. The molecule has 6 heteroatoms. The quantitative estimate of drug-likeness (QED) is 0.653. The molecule has 0 spiro atoms. The van der Waals surface area contributed by atoms with Crippen LogP contribution in [-0.4, -0.2) is 22.9 Å². The normalized spacial score (nSPS) is 11.9. The molecule has 1 heterocycles. The standard InChI is InChI=1S/C15H17N3O2S/c1-10(11-6-4-3-5-7-11)21-15-17-12(8-13(19)16-2)9-14(20)18-15/h3-7,9-10H,8H2,1-2H3,(H,16,19)(H,17,18,20). The predicted octanol–water partition coefficient (Wildman–Crippen LogP) is 1.91. The first-order chi connectivity index (χ1) is 10.1. The molecule has 0 bridgehead atoms. The van der Waals surface area contributed by atoms with Gasteiger partial charge >= 0.3 is 0 Å². The van der Waals surface area contributed by atoms with Crippen LogP contribution in [0.15, 0.2) is 46.3 Å². The largest absolute Gasteiger partial charge is 0.359 e. The van der Waals surface area contributed by atoms with Crippen LogP contribution in [0.5, 0.6) is 0 Å². The SMILES string of the molecule is CNC(=O)Cc1cc(=O)[nH]c(SC(C)c2ccccc2)n1. The smallest absolute Gasteiger partial charge is 0.251 e. The number of carbonyl (C=O) groups excluding carboxylic acids is 1. The van der Waals surface area contributed by atoms with Crippen molar-refractivity contribution in [2.24, 2.45) is 0 Å². The van der Waals surface area contributed by atoms with E-state index in [9.17, 15) is 9.59 Å². The van der Waals surface area contributed by atoms with Gasteiger partial charge in [0.2, 0.25) is 5.91 Å². The minimum Gasteiger partial charge on any atom is -0.359 e. The lowest BCUT2D eigenvalue weighted by molar-refractivity contribution is -0.120. The molecule has 1 aromatic carbocycles. The van der Waals surface area contributed by atoms with Gasteiger partial charge in [0.1, 0.15) is 0 Å². The number of hydrogen-bond acceptors (Lipinski definition) is 4. The van der Waals surface area contributed by atoms with E-state index in [-0.39, 0.29) is 23.1 Å². The Bertz CT molecular complexity index is 670. The number of aromatic nitrogens is 2. The van der Waals surface area contributed by atoms with Gasteiger partial charge in [-0.05, 0) is 12.5 Å². The summed E-state index contributed by atoms with van der Waals surface area (Å²) in [6, 6.07) is 11.3. The number of thioether (sulfide) groups is 1. The molecule has 5 nitrogen and oxygen atoms in total. The number of aromatic amines is 1. The number of carbonyl (C=O) groups is 1. The fourth-order valence-electron chi connectivity index (χ4n) is 1.84. The van der Waals surface area contributed by atoms with Gasteiger partial charge in [-0.1, -0.05) is 42.1 Å². The van der Waals surface area contributed by atoms with Gasteiger partial charge in [0.05, 0.1) is 12.1 Å². The molecule has 1 atom stereocenters. The zero-order chi connectivity index (χ0) is 15.2. The van der Waals surface area contributed by atoms with Crippen LogP contribution in [0.1, 0.15) is 23.4 Å². The molecular formula is C15H17N3O2S. The molecule has 0 aliphatic carbocycles. The summed E-state index contributed by atoms with van der Waals surface area (Å²) in [7, 11) is 1.56. The molecule has 1 amide bonds. The van der Waals surface area contributed by atoms with Crippen LogP contribution in [-0.2, 0) is 11.2 Å². The van der Waals surface area contributed by atoms with E-state index in [0.29, 0.717) is 10.9 Å². The van der Waals surface area contributed by atoms with Crippen molar-refractivity contribution in [3.8, 4) is 0 Å². The van der Waals surface area contributed by atoms with Crippen molar-refractivity contribution in [1.82, 2.24) is 15.3 Å². The summed E-state index contributed by atoms with van der Waals surface area (Å²) in [5, 5.41) is 3.20. The molecule has 2 rings (SSSR count). The minimum absolute atomic E-state index is 0.105. The highest BCUT2D eigenvalue weighted by molar-refractivity contribution is 7.99. The van der Waals surface area contributed by atoms with E-state index in [0.717, 1.165) is 5.56 Å². The Kier molecular flexibility index (Phi) is 5.16. The molecular weight excluding hydrogens is 286 g/mol. The molecule has 110 valence electrons. The van der Waals surface area contributed by atoms with Gasteiger partial charge in [0, 0.05) is 18.4 Å². The monoisotopic (exact) mass is 303 g/mol. The number of amides is 1. The number of likely N-dealkylation sites (N-methyl/N-ethyl adjacent to an activating group) is 1. The van der Waals surface area contributed by atoms with Gasteiger partial charge < -0.3 is 10.3 Å². The maximum Gasteiger partial charge on any atom is 0.251 e. The second-order valence-corrected chi connectivity index (χ2v) is 5.89. The first-order valence-electron chi connectivity index (χ1n) is 6.61. The van der Waals surface area contributed by atoms with Gasteiger partial charge in [-0.2, -0.15) is 0 Å². The number of rotatable bonds is 5. The molecule has 1 aromatic heterocycles. The van der Waals surface area contributed by atoms with E-state index in [1.54, 1.807) is 7.05 Å². The number of benzene rings is 1. The van der Waals surface area contributed by atoms with Crippen LogP contribution in [0, 0.1) is 0 Å². The molecule has 0 aliphatic rings. The van der Waals surface area contributed by atoms with Crippen molar-refractivity contribution in [3.63, 3.8) is 0 Å². The molecule has 0 saturated carbocycles. The lowest BCUT2D eigenvalue weighted by Crippen LogP contribution is -2.22. The fraction of sp³-hybridized carbons (Fsp3) is 0.267. The molecule has 0 fully saturated rings. The predicted molar refractivity (Wildman–Crippen MR) is 83.3 cm³/mol. The van der Waals surface area contributed by atoms with Crippen molar-refractivity contribution in [2.45, 2.75) is 23.8 Å². The summed E-state index contributed by atoms with van der Waals surface area (Å²) < 4.78 is 0. The van der Waals surface area contributed by atoms with Gasteiger partial charge in [-0.3, -0.25) is 9.59 Å². The minimum atomic E-state index is -0.244. The summed E-state index contributed by atoms with van der Waals surface area (Å²) in [6.45, 7) is 2.05. The lowest BCUT2D eigenvalue weighted by Gasteiger charge is -2.11. The van der Waals surface area contributed by atoms with E-state index in [4.69, 9.17) is 0 Å². The molecule has 2 aromatic rings. The maximum absolute atomic E-state index is 11.7. The molecule has 0 aliphatic heterocycles. The van der Waals surface area contributed by atoms with Crippen LogP contribution in [0.4, 0.5) is 0 Å². The second kappa shape index (κ2) is 7.08. The van der Waals surface area contributed by atoms with Crippen molar-refractivity contribution in [3.05, 3.63) is 58.0 Å². The second-order valence-electron chi connectivity index (χ2n) is 4.56. The van der Waals surface area contributed by atoms with Crippen LogP contribution < -0.4 is 10.9 Å². The Morgan fingerprint density at radius 3 is 2.76 bits per heavy atom. The Hall–Kier alpha value is -2.08. The third-order valence-corrected chi connectivity index (χ3v) is 3.99. The summed E-state index contributed by atoms with van der Waals surface area (Å²) in [4.78, 5) is 30.1. The van der Waals surface area contributed by atoms with Gasteiger partial charge in [-0.25, -0.2) is 4.98 Å². The zero-order valence-corrected chi connectivity index (χ0v) is 12.7. The molecule has 2 N–H and O–H groups in total. The van der Waals surface area contributed by atoms with Crippen LogP contribution in [0.2, 0.25) is 0 Å². The summed E-state index contributed by atoms with van der Waals surface area (Å²) in [5.41, 5.74) is 1.38.